The maximum atomic E-state index is 12.1. The highest BCUT2D eigenvalue weighted by Gasteiger charge is 2.25. The van der Waals surface area contributed by atoms with Gasteiger partial charge in [0.2, 0.25) is 11.8 Å². The summed E-state index contributed by atoms with van der Waals surface area (Å²) in [6.45, 7) is 6.97. The second kappa shape index (κ2) is 7.76. The second-order valence-electron chi connectivity index (χ2n) is 6.53. The predicted octanol–water partition coefficient (Wildman–Crippen LogP) is 2.19. The number of aryl methyl sites for hydroxylation is 1. The van der Waals surface area contributed by atoms with Gasteiger partial charge in [-0.3, -0.25) is 14.4 Å². The third kappa shape index (κ3) is 6.50. The van der Waals surface area contributed by atoms with E-state index in [4.69, 9.17) is 5.11 Å². The van der Waals surface area contributed by atoms with E-state index in [1.807, 2.05) is 0 Å². The summed E-state index contributed by atoms with van der Waals surface area (Å²) in [6, 6.07) is 6.34. The molecule has 0 saturated heterocycles. The summed E-state index contributed by atoms with van der Waals surface area (Å²) in [4.78, 5) is 34.5. The molecule has 6 nitrogen and oxygen atoms in total. The van der Waals surface area contributed by atoms with Gasteiger partial charge in [0.05, 0.1) is 0 Å². The third-order valence-corrected chi connectivity index (χ3v) is 3.27. The maximum Gasteiger partial charge on any atom is 0.303 e. The lowest BCUT2D eigenvalue weighted by atomic mass is 9.95. The van der Waals surface area contributed by atoms with Crippen LogP contribution in [0.5, 0.6) is 0 Å². The molecule has 0 spiro atoms. The van der Waals surface area contributed by atoms with E-state index < -0.39 is 17.4 Å². The van der Waals surface area contributed by atoms with Crippen LogP contribution in [-0.2, 0) is 20.8 Å². The molecule has 1 aromatic rings. The zero-order chi connectivity index (χ0) is 17.6. The molecule has 0 aliphatic rings. The molecule has 2 amide bonds. The van der Waals surface area contributed by atoms with Crippen LogP contribution in [0, 0.1) is 5.41 Å². The molecule has 0 bridgehead atoms. The molecular weight excluding hydrogens is 296 g/mol. The fourth-order valence-electron chi connectivity index (χ4n) is 1.74. The van der Waals surface area contributed by atoms with Crippen LogP contribution in [0.25, 0.3) is 0 Å². The number of rotatable bonds is 6. The summed E-state index contributed by atoms with van der Waals surface area (Å²) in [5.41, 5.74) is 0.936. The van der Waals surface area contributed by atoms with Gasteiger partial charge in [-0.25, -0.2) is 0 Å². The van der Waals surface area contributed by atoms with Crippen LogP contribution in [-0.4, -0.2) is 28.9 Å². The zero-order valence-corrected chi connectivity index (χ0v) is 14.0. The van der Waals surface area contributed by atoms with Gasteiger partial charge in [0.1, 0.15) is 6.04 Å². The van der Waals surface area contributed by atoms with Crippen LogP contribution in [0.3, 0.4) is 0 Å². The van der Waals surface area contributed by atoms with E-state index in [-0.39, 0.29) is 18.2 Å². The number of carboxylic acids is 1. The Kier molecular flexibility index (Phi) is 6.30. The fraction of sp³-hybridized carbons (Fsp3) is 0.471. The van der Waals surface area contributed by atoms with E-state index in [1.54, 1.807) is 52.0 Å². The van der Waals surface area contributed by atoms with E-state index in [0.29, 0.717) is 12.1 Å². The summed E-state index contributed by atoms with van der Waals surface area (Å²) < 4.78 is 0. The topological polar surface area (TPSA) is 95.5 Å². The normalized spacial score (nSPS) is 12.3. The second-order valence-corrected chi connectivity index (χ2v) is 6.53. The summed E-state index contributed by atoms with van der Waals surface area (Å²) in [5.74, 6) is -1.34. The fourth-order valence-corrected chi connectivity index (χ4v) is 1.74. The van der Waals surface area contributed by atoms with Gasteiger partial charge in [-0.2, -0.15) is 0 Å². The first kappa shape index (κ1) is 18.7. The van der Waals surface area contributed by atoms with E-state index in [2.05, 4.69) is 10.6 Å². The lowest BCUT2D eigenvalue weighted by Gasteiger charge is -2.21. The molecule has 0 unspecified atom stereocenters. The number of benzene rings is 1. The van der Waals surface area contributed by atoms with Crippen molar-refractivity contribution in [3.63, 3.8) is 0 Å². The first-order valence-electron chi connectivity index (χ1n) is 7.52. The van der Waals surface area contributed by atoms with Crippen molar-refractivity contribution in [3.05, 3.63) is 29.8 Å². The Bertz CT molecular complexity index is 573. The van der Waals surface area contributed by atoms with Crippen molar-refractivity contribution in [2.24, 2.45) is 5.41 Å². The van der Waals surface area contributed by atoms with E-state index in [1.165, 1.54) is 0 Å². The molecule has 0 aromatic heterocycles. The Balaban J connectivity index is 2.56. The Morgan fingerprint density at radius 2 is 1.70 bits per heavy atom. The molecule has 3 N–H and O–H groups in total. The van der Waals surface area contributed by atoms with E-state index in [0.717, 1.165) is 5.56 Å². The van der Waals surface area contributed by atoms with Crippen molar-refractivity contribution in [1.82, 2.24) is 5.32 Å². The number of carbonyl (C=O) groups excluding carboxylic acids is 2. The number of nitrogens with one attached hydrogen (secondary N) is 2. The molecule has 126 valence electrons. The largest absolute Gasteiger partial charge is 0.481 e. The Morgan fingerprint density at radius 1 is 1.13 bits per heavy atom. The van der Waals surface area contributed by atoms with Crippen molar-refractivity contribution < 1.29 is 19.5 Å². The van der Waals surface area contributed by atoms with Crippen molar-refractivity contribution in [1.29, 1.82) is 0 Å². The standard InChI is InChI=1S/C17H24N2O4/c1-11(18-16(23)17(2,3)4)15(22)19-13-8-5-12(6-9-13)7-10-14(20)21/h5-6,8-9,11H,7,10H2,1-4H3,(H,18,23)(H,19,22)(H,20,21)/t11-/m1/s1. The molecule has 0 aliphatic carbocycles. The summed E-state index contributed by atoms with van der Waals surface area (Å²) in [5, 5.41) is 14.0. The quantitative estimate of drug-likeness (QED) is 0.748. The monoisotopic (exact) mass is 320 g/mol. The summed E-state index contributed by atoms with van der Waals surface area (Å²) >= 11 is 0. The first-order valence-corrected chi connectivity index (χ1v) is 7.52. The summed E-state index contributed by atoms with van der Waals surface area (Å²) in [7, 11) is 0. The molecule has 0 aliphatic heterocycles. The molecular formula is C17H24N2O4. The number of aliphatic carboxylic acids is 1. The Labute approximate surface area is 136 Å². The highest BCUT2D eigenvalue weighted by molar-refractivity contribution is 5.97. The summed E-state index contributed by atoms with van der Waals surface area (Å²) in [6.07, 6.45) is 0.517. The van der Waals surface area contributed by atoms with Gasteiger partial charge < -0.3 is 15.7 Å². The molecule has 0 saturated carbocycles. The minimum Gasteiger partial charge on any atom is -0.481 e. The zero-order valence-electron chi connectivity index (χ0n) is 14.0. The van der Waals surface area contributed by atoms with Gasteiger partial charge in [0.25, 0.3) is 0 Å². The van der Waals surface area contributed by atoms with Crippen LogP contribution in [0.4, 0.5) is 5.69 Å². The van der Waals surface area contributed by atoms with E-state index in [9.17, 15) is 14.4 Å². The number of carbonyl (C=O) groups is 3. The van der Waals surface area contributed by atoms with Crippen LogP contribution < -0.4 is 10.6 Å². The first-order chi connectivity index (χ1) is 10.6. The lowest BCUT2D eigenvalue weighted by Crippen LogP contribution is -2.46. The van der Waals surface area contributed by atoms with Crippen LogP contribution in [0.15, 0.2) is 24.3 Å². The maximum absolute atomic E-state index is 12.1. The molecule has 0 fully saturated rings. The van der Waals surface area contributed by atoms with Crippen molar-refractivity contribution in [2.45, 2.75) is 46.6 Å². The average Bonchev–Trinajstić information content (AvgIpc) is 2.45. The molecule has 0 heterocycles. The smallest absolute Gasteiger partial charge is 0.303 e. The number of hydrogen-bond donors (Lipinski definition) is 3. The minimum atomic E-state index is -0.842. The Morgan fingerprint density at radius 3 is 2.17 bits per heavy atom. The van der Waals surface area contributed by atoms with Gasteiger partial charge >= 0.3 is 5.97 Å². The Hall–Kier alpha value is -2.37. The van der Waals surface area contributed by atoms with Crippen molar-refractivity contribution in [3.8, 4) is 0 Å². The molecule has 0 radical (unpaired) electrons. The van der Waals surface area contributed by atoms with E-state index >= 15 is 0 Å². The minimum absolute atomic E-state index is 0.0710. The van der Waals surface area contributed by atoms with Crippen molar-refractivity contribution >= 4 is 23.5 Å². The van der Waals surface area contributed by atoms with Gasteiger partial charge in [0.15, 0.2) is 0 Å². The SMILES string of the molecule is C[C@@H](NC(=O)C(C)(C)C)C(=O)Nc1ccc(CCC(=O)O)cc1. The van der Waals surface area contributed by atoms with Crippen molar-refractivity contribution in [2.75, 3.05) is 5.32 Å². The number of anilines is 1. The average molecular weight is 320 g/mol. The van der Waals surface area contributed by atoms with Crippen LogP contribution >= 0.6 is 0 Å². The molecule has 6 heteroatoms. The van der Waals surface area contributed by atoms with Gasteiger partial charge in [-0.1, -0.05) is 32.9 Å². The molecule has 1 rings (SSSR count). The number of amides is 2. The molecule has 23 heavy (non-hydrogen) atoms. The third-order valence-electron chi connectivity index (χ3n) is 3.27. The molecule has 1 atom stereocenters. The number of carboxylic acid groups (broad SMARTS) is 1. The van der Waals surface area contributed by atoms with Gasteiger partial charge in [-0.15, -0.1) is 0 Å². The van der Waals surface area contributed by atoms with Gasteiger partial charge in [0, 0.05) is 17.5 Å². The number of hydrogen-bond acceptors (Lipinski definition) is 3. The predicted molar refractivity (Wildman–Crippen MR) is 88.1 cm³/mol. The van der Waals surface area contributed by atoms with Gasteiger partial charge in [-0.05, 0) is 31.0 Å². The lowest BCUT2D eigenvalue weighted by molar-refractivity contribution is -0.137. The highest BCUT2D eigenvalue weighted by Crippen LogP contribution is 2.14. The van der Waals surface area contributed by atoms with Crippen LogP contribution in [0.2, 0.25) is 0 Å². The molecule has 1 aromatic carbocycles. The highest BCUT2D eigenvalue weighted by atomic mass is 16.4. The van der Waals surface area contributed by atoms with Crippen LogP contribution in [0.1, 0.15) is 39.7 Å².